The van der Waals surface area contributed by atoms with Crippen LogP contribution < -0.4 is 5.32 Å². The maximum Gasteiger partial charge on any atom is 0.361 e. The summed E-state index contributed by atoms with van der Waals surface area (Å²) in [6.45, 7) is 5.35. The number of halogens is 1. The minimum absolute atomic E-state index is 0.0824. The number of aryl methyl sites for hydroxylation is 2. The van der Waals surface area contributed by atoms with Crippen LogP contribution in [0.15, 0.2) is 27.2 Å². The second-order valence-electron chi connectivity index (χ2n) is 4.60. The average molecular weight is 367 g/mol. The van der Waals surface area contributed by atoms with Gasteiger partial charge in [-0.25, -0.2) is 4.79 Å². The van der Waals surface area contributed by atoms with E-state index in [-0.39, 0.29) is 23.6 Å². The van der Waals surface area contributed by atoms with Crippen LogP contribution >= 0.6 is 15.9 Å². The zero-order chi connectivity index (χ0) is 16.3. The Morgan fingerprint density at radius 3 is 2.73 bits per heavy atom. The zero-order valence-corrected chi connectivity index (χ0v) is 14.0. The van der Waals surface area contributed by atoms with Gasteiger partial charge < -0.3 is 14.6 Å². The van der Waals surface area contributed by atoms with E-state index in [2.05, 4.69) is 26.4 Å². The number of carbonyl (C=O) groups excluding carboxylic acids is 2. The molecule has 1 heterocycles. The molecule has 0 aliphatic carbocycles. The Morgan fingerprint density at radius 2 is 2.09 bits per heavy atom. The maximum absolute atomic E-state index is 12.4. The smallest absolute Gasteiger partial charge is 0.361 e. The molecule has 0 saturated heterocycles. The van der Waals surface area contributed by atoms with Crippen LogP contribution in [0.25, 0.3) is 0 Å². The number of ether oxygens (including phenoxy) is 1. The lowest BCUT2D eigenvalue weighted by Gasteiger charge is -2.07. The van der Waals surface area contributed by atoms with Gasteiger partial charge in [-0.2, -0.15) is 0 Å². The van der Waals surface area contributed by atoms with Gasteiger partial charge in [-0.1, -0.05) is 21.1 Å². The number of carbonyl (C=O) groups is 2. The van der Waals surface area contributed by atoms with Crippen LogP contribution in [0.2, 0.25) is 0 Å². The third-order valence-electron chi connectivity index (χ3n) is 2.97. The lowest BCUT2D eigenvalue weighted by atomic mass is 10.1. The Labute approximate surface area is 135 Å². The molecule has 2 rings (SSSR count). The van der Waals surface area contributed by atoms with Gasteiger partial charge in [0.2, 0.25) is 5.69 Å². The van der Waals surface area contributed by atoms with E-state index in [4.69, 9.17) is 9.26 Å². The van der Waals surface area contributed by atoms with Gasteiger partial charge in [0.1, 0.15) is 11.3 Å². The number of esters is 1. The zero-order valence-electron chi connectivity index (χ0n) is 12.4. The van der Waals surface area contributed by atoms with Gasteiger partial charge >= 0.3 is 5.97 Å². The lowest BCUT2D eigenvalue weighted by molar-refractivity contribution is 0.0512. The van der Waals surface area contributed by atoms with E-state index >= 15 is 0 Å². The van der Waals surface area contributed by atoms with Crippen LogP contribution in [0.4, 0.5) is 5.69 Å². The third kappa shape index (κ3) is 3.36. The summed E-state index contributed by atoms with van der Waals surface area (Å²) in [5.41, 5.74) is 1.55. The van der Waals surface area contributed by atoms with E-state index in [9.17, 15) is 9.59 Å². The van der Waals surface area contributed by atoms with Crippen LogP contribution in [0.3, 0.4) is 0 Å². The molecule has 7 heteroatoms. The molecule has 1 aromatic heterocycles. The molecule has 0 saturated carbocycles. The van der Waals surface area contributed by atoms with Gasteiger partial charge in [-0.3, -0.25) is 4.79 Å². The molecule has 0 spiro atoms. The van der Waals surface area contributed by atoms with Crippen LogP contribution in [0, 0.1) is 13.8 Å². The average Bonchev–Trinajstić information content (AvgIpc) is 2.85. The summed E-state index contributed by atoms with van der Waals surface area (Å²) in [5, 5.41) is 6.33. The van der Waals surface area contributed by atoms with Crippen molar-refractivity contribution < 1.29 is 18.8 Å². The molecular formula is C15H15BrN2O4. The summed E-state index contributed by atoms with van der Waals surface area (Å²) in [6.07, 6.45) is 0. The number of hydrogen-bond donors (Lipinski definition) is 1. The largest absolute Gasteiger partial charge is 0.461 e. The second-order valence-corrected chi connectivity index (χ2v) is 5.46. The number of nitrogens with one attached hydrogen (secondary N) is 1. The lowest BCUT2D eigenvalue weighted by Crippen LogP contribution is -2.17. The molecule has 0 unspecified atom stereocenters. The van der Waals surface area contributed by atoms with Crippen molar-refractivity contribution in [1.82, 2.24) is 5.16 Å². The number of nitrogens with zero attached hydrogens (tertiary/aromatic N) is 1. The molecule has 0 fully saturated rings. The van der Waals surface area contributed by atoms with E-state index in [0.29, 0.717) is 5.69 Å². The van der Waals surface area contributed by atoms with Crippen molar-refractivity contribution in [3.63, 3.8) is 0 Å². The van der Waals surface area contributed by atoms with Crippen LogP contribution in [0.1, 0.15) is 39.1 Å². The monoisotopic (exact) mass is 366 g/mol. The minimum atomic E-state index is -0.684. The predicted molar refractivity (Wildman–Crippen MR) is 84.0 cm³/mol. The van der Waals surface area contributed by atoms with Crippen molar-refractivity contribution in [1.29, 1.82) is 0 Å². The molecule has 1 aromatic carbocycles. The van der Waals surface area contributed by atoms with E-state index in [1.807, 2.05) is 19.1 Å². The van der Waals surface area contributed by atoms with Crippen LogP contribution in [-0.4, -0.2) is 23.6 Å². The van der Waals surface area contributed by atoms with Crippen molar-refractivity contribution in [3.05, 3.63) is 45.3 Å². The minimum Gasteiger partial charge on any atom is -0.461 e. The summed E-state index contributed by atoms with van der Waals surface area (Å²) in [5.74, 6) is -0.894. The van der Waals surface area contributed by atoms with Gasteiger partial charge in [-0.05, 0) is 44.5 Å². The van der Waals surface area contributed by atoms with Gasteiger partial charge in [0.25, 0.3) is 5.91 Å². The number of rotatable bonds is 4. The van der Waals surface area contributed by atoms with Gasteiger partial charge in [0.05, 0.1) is 6.61 Å². The molecule has 0 aliphatic rings. The number of aromatic nitrogens is 1. The summed E-state index contributed by atoms with van der Waals surface area (Å²) in [6, 6.07) is 5.40. The maximum atomic E-state index is 12.4. The Bertz CT molecular complexity index is 724. The summed E-state index contributed by atoms with van der Waals surface area (Å²) in [4.78, 5) is 24.2. The first-order valence-electron chi connectivity index (χ1n) is 6.65. The molecule has 1 amide bonds. The molecule has 0 aliphatic heterocycles. The summed E-state index contributed by atoms with van der Waals surface area (Å²) >= 11 is 3.39. The highest BCUT2D eigenvalue weighted by atomic mass is 79.9. The van der Waals surface area contributed by atoms with E-state index in [0.717, 1.165) is 10.0 Å². The third-order valence-corrected chi connectivity index (χ3v) is 3.86. The normalized spacial score (nSPS) is 10.4. The van der Waals surface area contributed by atoms with E-state index in [1.54, 1.807) is 19.9 Å². The molecule has 1 N–H and O–H groups in total. The number of hydrogen-bond acceptors (Lipinski definition) is 5. The first-order valence-corrected chi connectivity index (χ1v) is 7.44. The fourth-order valence-electron chi connectivity index (χ4n) is 1.89. The number of benzene rings is 1. The Kier molecular flexibility index (Phi) is 4.97. The van der Waals surface area contributed by atoms with Crippen LogP contribution in [-0.2, 0) is 4.74 Å². The molecule has 0 bridgehead atoms. The Hall–Kier alpha value is -2.15. The molecule has 2 aromatic rings. The van der Waals surface area contributed by atoms with Crippen molar-refractivity contribution in [2.45, 2.75) is 20.8 Å². The summed E-state index contributed by atoms with van der Waals surface area (Å²) < 4.78 is 10.8. The van der Waals surface area contributed by atoms with Crippen molar-refractivity contribution in [2.75, 3.05) is 11.9 Å². The first kappa shape index (κ1) is 16.2. The number of anilines is 1. The summed E-state index contributed by atoms with van der Waals surface area (Å²) in [7, 11) is 0. The van der Waals surface area contributed by atoms with Crippen molar-refractivity contribution >= 4 is 33.5 Å². The van der Waals surface area contributed by atoms with Crippen LogP contribution in [0.5, 0.6) is 0 Å². The Balaban J connectivity index is 2.27. The van der Waals surface area contributed by atoms with E-state index in [1.165, 1.54) is 0 Å². The standard InChI is InChI=1S/C15H15BrN2O4/c1-4-21-15(20)13-12(9(3)22-18-13)14(19)17-10-5-6-11(16)8(2)7-10/h5-7H,4H2,1-3H3,(H,17,19). The molecule has 116 valence electrons. The van der Waals surface area contributed by atoms with Crippen molar-refractivity contribution in [3.8, 4) is 0 Å². The number of amides is 1. The molecule has 22 heavy (non-hydrogen) atoms. The second kappa shape index (κ2) is 6.74. The highest BCUT2D eigenvalue weighted by molar-refractivity contribution is 9.10. The first-order chi connectivity index (χ1) is 10.4. The Morgan fingerprint density at radius 1 is 1.36 bits per heavy atom. The fourth-order valence-corrected chi connectivity index (χ4v) is 2.14. The SMILES string of the molecule is CCOC(=O)c1noc(C)c1C(=O)Nc1ccc(Br)c(C)c1. The topological polar surface area (TPSA) is 81.4 Å². The van der Waals surface area contributed by atoms with Gasteiger partial charge in [0.15, 0.2) is 0 Å². The van der Waals surface area contributed by atoms with Crippen molar-refractivity contribution in [2.24, 2.45) is 0 Å². The fraction of sp³-hybridized carbons (Fsp3) is 0.267. The molecular weight excluding hydrogens is 352 g/mol. The predicted octanol–water partition coefficient (Wildman–Crippen LogP) is 3.48. The molecule has 6 nitrogen and oxygen atoms in total. The van der Waals surface area contributed by atoms with Gasteiger partial charge in [-0.15, -0.1) is 0 Å². The highest BCUT2D eigenvalue weighted by Gasteiger charge is 2.26. The molecule has 0 atom stereocenters. The highest BCUT2D eigenvalue weighted by Crippen LogP contribution is 2.22. The quantitative estimate of drug-likeness (QED) is 0.837. The van der Waals surface area contributed by atoms with Gasteiger partial charge in [0, 0.05) is 10.2 Å². The molecule has 0 radical (unpaired) electrons. The van der Waals surface area contributed by atoms with E-state index < -0.39 is 11.9 Å².